The normalized spacial score (nSPS) is 18.1. The maximum Gasteiger partial charge on any atom is 0.238 e. The Kier molecular flexibility index (Phi) is 14.1. The number of nitrogens with zero attached hydrogens (tertiary/aromatic N) is 1. The summed E-state index contributed by atoms with van der Waals surface area (Å²) in [6.45, 7) is 3.17. The van der Waals surface area contributed by atoms with Crippen LogP contribution in [-0.2, 0) is 9.53 Å². The van der Waals surface area contributed by atoms with Crippen molar-refractivity contribution >= 4 is 42.5 Å². The molecule has 1 amide bonds. The Balaban J connectivity index is 0. The first kappa shape index (κ1) is 20.6. The minimum absolute atomic E-state index is 0. The molecule has 1 rings (SSSR count). The maximum atomic E-state index is 11.6. The summed E-state index contributed by atoms with van der Waals surface area (Å²) in [5.74, 6) is 1.88. The zero-order valence-corrected chi connectivity index (χ0v) is 13.3. The first-order valence-corrected chi connectivity index (χ1v) is 6.66. The zero-order valence-electron chi connectivity index (χ0n) is 10.8. The van der Waals surface area contributed by atoms with Crippen LogP contribution in [0, 0.1) is 0 Å². The summed E-state index contributed by atoms with van der Waals surface area (Å²) < 4.78 is 4.98. The van der Waals surface area contributed by atoms with Crippen LogP contribution in [-0.4, -0.2) is 68.9 Å². The standard InChI is InChI=1S/C10H21N3O2S.2ClH/c1-13(5-6-15-2)4-3-11-10(14)9-7-16-8-12-9;;/h9,12H,3-8H2,1-2H3,(H,11,14);2*1H. The Labute approximate surface area is 126 Å². The van der Waals surface area contributed by atoms with Crippen molar-refractivity contribution in [2.45, 2.75) is 6.04 Å². The van der Waals surface area contributed by atoms with Gasteiger partial charge in [0, 0.05) is 38.4 Å². The fraction of sp³-hybridized carbons (Fsp3) is 0.900. The molecule has 1 saturated heterocycles. The SMILES string of the molecule is COCCN(C)CCNC(=O)C1CSCN1.Cl.Cl. The number of halogens is 2. The van der Waals surface area contributed by atoms with Crippen LogP contribution in [0.15, 0.2) is 0 Å². The Morgan fingerprint density at radius 3 is 2.78 bits per heavy atom. The third kappa shape index (κ3) is 8.39. The third-order valence-corrected chi connectivity index (χ3v) is 3.44. The monoisotopic (exact) mass is 319 g/mol. The molecule has 1 aliphatic rings. The summed E-state index contributed by atoms with van der Waals surface area (Å²) >= 11 is 1.76. The average molecular weight is 320 g/mol. The molecular formula is C10H23Cl2N3O2S. The van der Waals surface area contributed by atoms with Gasteiger partial charge in [-0.05, 0) is 7.05 Å². The van der Waals surface area contributed by atoms with Crippen molar-refractivity contribution in [1.82, 2.24) is 15.5 Å². The molecule has 2 N–H and O–H groups in total. The van der Waals surface area contributed by atoms with E-state index in [0.29, 0.717) is 6.54 Å². The topological polar surface area (TPSA) is 53.6 Å². The molecule has 0 aliphatic carbocycles. The fourth-order valence-corrected chi connectivity index (χ4v) is 2.36. The lowest BCUT2D eigenvalue weighted by atomic mass is 10.3. The molecule has 5 nitrogen and oxygen atoms in total. The predicted octanol–water partition coefficient (Wildman–Crippen LogP) is 0.187. The number of methoxy groups -OCH3 is 1. The van der Waals surface area contributed by atoms with Crippen LogP contribution >= 0.6 is 36.6 Å². The van der Waals surface area contributed by atoms with Crippen LogP contribution in [0.4, 0.5) is 0 Å². The van der Waals surface area contributed by atoms with E-state index in [2.05, 4.69) is 15.5 Å². The van der Waals surface area contributed by atoms with E-state index in [1.54, 1.807) is 18.9 Å². The van der Waals surface area contributed by atoms with Gasteiger partial charge in [-0.3, -0.25) is 10.1 Å². The van der Waals surface area contributed by atoms with Crippen molar-refractivity contribution in [3.8, 4) is 0 Å². The molecule has 1 aliphatic heterocycles. The molecular weight excluding hydrogens is 297 g/mol. The lowest BCUT2D eigenvalue weighted by Gasteiger charge is -2.17. The van der Waals surface area contributed by atoms with Crippen molar-refractivity contribution in [3.63, 3.8) is 0 Å². The highest BCUT2D eigenvalue weighted by Crippen LogP contribution is 2.08. The van der Waals surface area contributed by atoms with E-state index in [-0.39, 0.29) is 36.8 Å². The highest BCUT2D eigenvalue weighted by molar-refractivity contribution is 7.99. The smallest absolute Gasteiger partial charge is 0.238 e. The highest BCUT2D eigenvalue weighted by Gasteiger charge is 2.21. The third-order valence-electron chi connectivity index (χ3n) is 2.50. The minimum Gasteiger partial charge on any atom is -0.383 e. The average Bonchev–Trinajstić information content (AvgIpc) is 2.79. The van der Waals surface area contributed by atoms with Crippen LogP contribution < -0.4 is 10.6 Å². The van der Waals surface area contributed by atoms with Crippen LogP contribution in [0.2, 0.25) is 0 Å². The number of rotatable bonds is 7. The van der Waals surface area contributed by atoms with Gasteiger partial charge in [-0.1, -0.05) is 0 Å². The number of carbonyl (C=O) groups excluding carboxylic acids is 1. The zero-order chi connectivity index (χ0) is 11.8. The first-order valence-electron chi connectivity index (χ1n) is 5.50. The second-order valence-corrected chi connectivity index (χ2v) is 4.89. The maximum absolute atomic E-state index is 11.6. The molecule has 0 bridgehead atoms. The Bertz CT molecular complexity index is 219. The van der Waals surface area contributed by atoms with E-state index in [1.165, 1.54) is 0 Å². The van der Waals surface area contributed by atoms with Gasteiger partial charge in [-0.15, -0.1) is 36.6 Å². The first-order chi connectivity index (χ1) is 7.74. The Hall–Kier alpha value is 0.280. The molecule has 0 saturated carbocycles. The van der Waals surface area contributed by atoms with E-state index in [0.717, 1.165) is 31.3 Å². The molecule has 1 atom stereocenters. The van der Waals surface area contributed by atoms with Gasteiger partial charge in [-0.25, -0.2) is 0 Å². The number of carbonyl (C=O) groups is 1. The van der Waals surface area contributed by atoms with Crippen molar-refractivity contribution in [2.24, 2.45) is 0 Å². The van der Waals surface area contributed by atoms with Gasteiger partial charge in [-0.2, -0.15) is 0 Å². The second kappa shape index (κ2) is 12.3. The highest BCUT2D eigenvalue weighted by atomic mass is 35.5. The van der Waals surface area contributed by atoms with Gasteiger partial charge in [0.1, 0.15) is 0 Å². The van der Waals surface area contributed by atoms with Gasteiger partial charge >= 0.3 is 0 Å². The molecule has 18 heavy (non-hydrogen) atoms. The molecule has 0 aromatic heterocycles. The number of nitrogens with one attached hydrogen (secondary N) is 2. The van der Waals surface area contributed by atoms with Gasteiger partial charge in [0.05, 0.1) is 12.6 Å². The summed E-state index contributed by atoms with van der Waals surface area (Å²) in [7, 11) is 3.72. The summed E-state index contributed by atoms with van der Waals surface area (Å²) in [4.78, 5) is 13.8. The van der Waals surface area contributed by atoms with Gasteiger partial charge in [0.25, 0.3) is 0 Å². The van der Waals surface area contributed by atoms with Crippen molar-refractivity contribution in [2.75, 3.05) is 52.0 Å². The number of thioether (sulfide) groups is 1. The van der Waals surface area contributed by atoms with Crippen LogP contribution in [0.5, 0.6) is 0 Å². The molecule has 8 heteroatoms. The van der Waals surface area contributed by atoms with Crippen molar-refractivity contribution in [1.29, 1.82) is 0 Å². The molecule has 0 aromatic carbocycles. The van der Waals surface area contributed by atoms with Crippen molar-refractivity contribution in [3.05, 3.63) is 0 Å². The van der Waals surface area contributed by atoms with Crippen LogP contribution in [0.1, 0.15) is 0 Å². The number of amides is 1. The summed E-state index contributed by atoms with van der Waals surface area (Å²) in [6.07, 6.45) is 0. The van der Waals surface area contributed by atoms with Gasteiger partial charge in [0.2, 0.25) is 5.91 Å². The number of hydrogen-bond donors (Lipinski definition) is 2. The van der Waals surface area contributed by atoms with Gasteiger partial charge < -0.3 is 15.0 Å². The minimum atomic E-state index is -0.00530. The molecule has 1 fully saturated rings. The Morgan fingerprint density at radius 2 is 2.22 bits per heavy atom. The summed E-state index contributed by atoms with van der Waals surface area (Å²) in [6, 6.07) is -0.00530. The largest absolute Gasteiger partial charge is 0.383 e. The molecule has 110 valence electrons. The molecule has 0 aromatic rings. The number of likely N-dealkylation sites (N-methyl/N-ethyl adjacent to an activating group) is 1. The fourth-order valence-electron chi connectivity index (χ4n) is 1.42. The molecule has 0 spiro atoms. The number of hydrogen-bond acceptors (Lipinski definition) is 5. The van der Waals surface area contributed by atoms with E-state index >= 15 is 0 Å². The summed E-state index contributed by atoms with van der Waals surface area (Å²) in [5, 5.41) is 6.08. The van der Waals surface area contributed by atoms with Crippen LogP contribution in [0.3, 0.4) is 0 Å². The second-order valence-electron chi connectivity index (χ2n) is 3.86. The lowest BCUT2D eigenvalue weighted by molar-refractivity contribution is -0.122. The van der Waals surface area contributed by atoms with E-state index < -0.39 is 0 Å². The number of ether oxygens (including phenoxy) is 1. The van der Waals surface area contributed by atoms with Gasteiger partial charge in [0.15, 0.2) is 0 Å². The predicted molar refractivity (Wildman–Crippen MR) is 81.1 cm³/mol. The Morgan fingerprint density at radius 1 is 1.50 bits per heavy atom. The molecule has 1 heterocycles. The van der Waals surface area contributed by atoms with Crippen LogP contribution in [0.25, 0.3) is 0 Å². The molecule has 0 radical (unpaired) electrons. The molecule has 1 unspecified atom stereocenters. The van der Waals surface area contributed by atoms with E-state index in [1.807, 2.05) is 7.05 Å². The van der Waals surface area contributed by atoms with Crippen molar-refractivity contribution < 1.29 is 9.53 Å². The quantitative estimate of drug-likeness (QED) is 0.701. The van der Waals surface area contributed by atoms with E-state index in [9.17, 15) is 4.79 Å². The van der Waals surface area contributed by atoms with E-state index in [4.69, 9.17) is 4.74 Å². The lowest BCUT2D eigenvalue weighted by Crippen LogP contribution is -2.44. The summed E-state index contributed by atoms with van der Waals surface area (Å²) in [5.41, 5.74) is 0.